The predicted molar refractivity (Wildman–Crippen MR) is 111 cm³/mol. The van der Waals surface area contributed by atoms with Crippen LogP contribution in [-0.2, 0) is 17.9 Å². The molecule has 146 valence electrons. The minimum absolute atomic E-state index is 0.0948. The summed E-state index contributed by atoms with van der Waals surface area (Å²) in [5.74, 6) is -0.0948. The highest BCUT2D eigenvalue weighted by molar-refractivity contribution is 5.94. The van der Waals surface area contributed by atoms with E-state index >= 15 is 0 Å². The first kappa shape index (κ1) is 19.8. The molecule has 1 amide bonds. The zero-order valence-corrected chi connectivity index (χ0v) is 16.9. The summed E-state index contributed by atoms with van der Waals surface area (Å²) in [6, 6.07) is 17.5. The summed E-state index contributed by atoms with van der Waals surface area (Å²) in [7, 11) is 0. The van der Waals surface area contributed by atoms with Crippen LogP contribution in [0, 0.1) is 13.8 Å². The minimum atomic E-state index is -0.0948. The van der Waals surface area contributed by atoms with Crippen LogP contribution < -0.4 is 5.32 Å². The van der Waals surface area contributed by atoms with Gasteiger partial charge >= 0.3 is 0 Å². The van der Waals surface area contributed by atoms with Gasteiger partial charge < -0.3 is 10.1 Å². The zero-order chi connectivity index (χ0) is 20.1. The van der Waals surface area contributed by atoms with Gasteiger partial charge in [-0.25, -0.2) is 4.68 Å². The second-order valence-corrected chi connectivity index (χ2v) is 7.14. The third kappa shape index (κ3) is 4.67. The largest absolute Gasteiger partial charge is 0.374 e. The number of ether oxygens (including phenoxy) is 1. The number of aryl methyl sites for hydroxylation is 1. The minimum Gasteiger partial charge on any atom is -0.374 e. The molecule has 0 saturated carbocycles. The Morgan fingerprint density at radius 2 is 1.75 bits per heavy atom. The number of nitrogens with one attached hydrogen (secondary N) is 1. The number of hydrogen-bond acceptors (Lipinski definition) is 3. The van der Waals surface area contributed by atoms with Crippen molar-refractivity contribution >= 4 is 5.91 Å². The van der Waals surface area contributed by atoms with Crippen molar-refractivity contribution in [3.8, 4) is 5.69 Å². The Hall–Kier alpha value is -2.92. The second-order valence-electron chi connectivity index (χ2n) is 7.14. The monoisotopic (exact) mass is 377 g/mol. The lowest BCUT2D eigenvalue weighted by atomic mass is 10.1. The number of nitrogens with zero attached hydrogens (tertiary/aromatic N) is 2. The summed E-state index contributed by atoms with van der Waals surface area (Å²) in [5.41, 5.74) is 5.70. The van der Waals surface area contributed by atoms with Gasteiger partial charge in [0.1, 0.15) is 0 Å². The number of amides is 1. The summed E-state index contributed by atoms with van der Waals surface area (Å²) in [4.78, 5) is 12.5. The number of para-hydroxylation sites is 1. The van der Waals surface area contributed by atoms with E-state index in [4.69, 9.17) is 4.74 Å². The van der Waals surface area contributed by atoms with Crippen LogP contribution in [0.15, 0.2) is 54.6 Å². The van der Waals surface area contributed by atoms with E-state index in [1.54, 1.807) is 0 Å². The molecule has 0 aliphatic rings. The van der Waals surface area contributed by atoms with E-state index in [-0.39, 0.29) is 12.0 Å². The van der Waals surface area contributed by atoms with Gasteiger partial charge in [-0.1, -0.05) is 30.3 Å². The Labute approximate surface area is 166 Å². The van der Waals surface area contributed by atoms with Crippen LogP contribution >= 0.6 is 0 Å². The maximum atomic E-state index is 12.5. The molecule has 2 aromatic carbocycles. The predicted octanol–water partition coefficient (Wildman–Crippen LogP) is 4.34. The first-order valence-electron chi connectivity index (χ1n) is 9.55. The molecule has 0 radical (unpaired) electrons. The van der Waals surface area contributed by atoms with E-state index in [9.17, 15) is 4.79 Å². The Bertz CT molecular complexity index is 928. The second kappa shape index (κ2) is 8.85. The highest BCUT2D eigenvalue weighted by Crippen LogP contribution is 2.18. The van der Waals surface area contributed by atoms with Crippen LogP contribution in [-0.4, -0.2) is 21.8 Å². The highest BCUT2D eigenvalue weighted by Gasteiger charge is 2.14. The van der Waals surface area contributed by atoms with Crippen LogP contribution in [0.1, 0.15) is 46.7 Å². The van der Waals surface area contributed by atoms with Gasteiger partial charge in [0.2, 0.25) is 0 Å². The van der Waals surface area contributed by atoms with E-state index in [0.717, 1.165) is 28.2 Å². The summed E-state index contributed by atoms with van der Waals surface area (Å²) < 4.78 is 7.51. The molecule has 0 bridgehead atoms. The molecule has 1 heterocycles. The van der Waals surface area contributed by atoms with Gasteiger partial charge in [0.25, 0.3) is 5.91 Å². The molecule has 5 nitrogen and oxygen atoms in total. The molecule has 0 spiro atoms. The van der Waals surface area contributed by atoms with Gasteiger partial charge in [-0.3, -0.25) is 4.79 Å². The first-order valence-corrected chi connectivity index (χ1v) is 9.55. The molecule has 5 heteroatoms. The average Bonchev–Trinajstić information content (AvgIpc) is 2.99. The van der Waals surface area contributed by atoms with Crippen LogP contribution in [0.5, 0.6) is 0 Å². The van der Waals surface area contributed by atoms with Crippen LogP contribution in [0.4, 0.5) is 0 Å². The summed E-state index contributed by atoms with van der Waals surface area (Å²) in [5, 5.41) is 7.64. The number of rotatable bonds is 7. The SMILES string of the molecule is Cc1nn(-c2ccccc2)c(C)c1CNC(=O)c1ccc(COC(C)C)cc1. The summed E-state index contributed by atoms with van der Waals surface area (Å²) in [6.45, 7) is 9.01. The van der Waals surface area contributed by atoms with Gasteiger partial charge in [-0.15, -0.1) is 0 Å². The standard InChI is InChI=1S/C23H27N3O2/c1-16(2)28-15-19-10-12-20(13-11-19)23(27)24-14-22-17(3)25-26(18(22)4)21-8-6-5-7-9-21/h5-13,16H,14-15H2,1-4H3,(H,24,27). The fraction of sp³-hybridized carbons (Fsp3) is 0.304. The van der Waals surface area contributed by atoms with Crippen molar-refractivity contribution in [1.82, 2.24) is 15.1 Å². The number of aromatic nitrogens is 2. The van der Waals surface area contributed by atoms with E-state index in [0.29, 0.717) is 18.7 Å². The van der Waals surface area contributed by atoms with Crippen molar-refractivity contribution in [3.63, 3.8) is 0 Å². The molecule has 0 aliphatic heterocycles. The molecular formula is C23H27N3O2. The van der Waals surface area contributed by atoms with Crippen LogP contribution in [0.3, 0.4) is 0 Å². The first-order chi connectivity index (χ1) is 13.5. The lowest BCUT2D eigenvalue weighted by Crippen LogP contribution is -2.23. The van der Waals surface area contributed by atoms with Gasteiger partial charge in [0.15, 0.2) is 0 Å². The molecule has 1 aromatic heterocycles. The smallest absolute Gasteiger partial charge is 0.251 e. The lowest BCUT2D eigenvalue weighted by molar-refractivity contribution is 0.0657. The van der Waals surface area contributed by atoms with Crippen molar-refractivity contribution in [2.24, 2.45) is 0 Å². The number of carbonyl (C=O) groups is 1. The molecule has 3 rings (SSSR count). The Balaban J connectivity index is 1.66. The topological polar surface area (TPSA) is 56.2 Å². The Morgan fingerprint density at radius 1 is 1.07 bits per heavy atom. The molecule has 0 fully saturated rings. The molecular weight excluding hydrogens is 350 g/mol. The van der Waals surface area contributed by atoms with Crippen molar-refractivity contribution in [1.29, 1.82) is 0 Å². The molecule has 0 atom stereocenters. The Kier molecular flexibility index (Phi) is 6.26. The summed E-state index contributed by atoms with van der Waals surface area (Å²) >= 11 is 0. The van der Waals surface area contributed by atoms with Crippen molar-refractivity contribution in [2.45, 2.75) is 47.0 Å². The number of benzene rings is 2. The number of hydrogen-bond donors (Lipinski definition) is 1. The van der Waals surface area contributed by atoms with Crippen LogP contribution in [0.2, 0.25) is 0 Å². The summed E-state index contributed by atoms with van der Waals surface area (Å²) in [6.07, 6.45) is 0.186. The molecule has 0 saturated heterocycles. The molecule has 1 N–H and O–H groups in total. The molecule has 3 aromatic rings. The van der Waals surface area contributed by atoms with E-state index in [1.807, 2.05) is 87.0 Å². The number of carbonyl (C=O) groups excluding carboxylic acids is 1. The van der Waals surface area contributed by atoms with Crippen molar-refractivity contribution in [3.05, 3.63) is 82.7 Å². The molecule has 28 heavy (non-hydrogen) atoms. The third-order valence-corrected chi connectivity index (χ3v) is 4.67. The maximum Gasteiger partial charge on any atom is 0.251 e. The van der Waals surface area contributed by atoms with Gasteiger partial charge in [0.05, 0.1) is 24.1 Å². The van der Waals surface area contributed by atoms with Gasteiger partial charge in [-0.05, 0) is 57.5 Å². The highest BCUT2D eigenvalue weighted by atomic mass is 16.5. The Morgan fingerprint density at radius 3 is 2.39 bits per heavy atom. The van der Waals surface area contributed by atoms with E-state index in [1.165, 1.54) is 0 Å². The lowest BCUT2D eigenvalue weighted by Gasteiger charge is -2.09. The van der Waals surface area contributed by atoms with Crippen LogP contribution in [0.25, 0.3) is 5.69 Å². The van der Waals surface area contributed by atoms with Gasteiger partial charge in [-0.2, -0.15) is 5.10 Å². The van der Waals surface area contributed by atoms with Gasteiger partial charge in [0, 0.05) is 23.4 Å². The normalized spacial score (nSPS) is 11.0. The zero-order valence-electron chi connectivity index (χ0n) is 16.9. The van der Waals surface area contributed by atoms with E-state index < -0.39 is 0 Å². The fourth-order valence-corrected chi connectivity index (χ4v) is 3.04. The fourth-order valence-electron chi connectivity index (χ4n) is 3.04. The van der Waals surface area contributed by atoms with E-state index in [2.05, 4.69) is 10.4 Å². The maximum absolute atomic E-state index is 12.5. The molecule has 0 aliphatic carbocycles. The van der Waals surface area contributed by atoms with Crippen molar-refractivity contribution < 1.29 is 9.53 Å². The molecule has 0 unspecified atom stereocenters. The third-order valence-electron chi connectivity index (χ3n) is 4.67. The average molecular weight is 377 g/mol. The van der Waals surface area contributed by atoms with Crippen molar-refractivity contribution in [2.75, 3.05) is 0 Å². The quantitative estimate of drug-likeness (QED) is 0.666.